The number of anilines is 1. The van der Waals surface area contributed by atoms with Crippen molar-refractivity contribution in [1.82, 2.24) is 19.5 Å². The minimum absolute atomic E-state index is 0.331. The summed E-state index contributed by atoms with van der Waals surface area (Å²) in [6.45, 7) is 4.36. The molecule has 0 spiro atoms. The normalized spacial score (nSPS) is 10.3. The van der Waals surface area contributed by atoms with Gasteiger partial charge in [-0.3, -0.25) is 0 Å². The summed E-state index contributed by atoms with van der Waals surface area (Å²) in [5.41, 5.74) is 0.968. The average Bonchev–Trinajstić information content (AvgIpc) is 2.82. The molecule has 20 heavy (non-hydrogen) atoms. The molecule has 1 N–H and O–H groups in total. The van der Waals surface area contributed by atoms with E-state index in [-0.39, 0.29) is 0 Å². The molecule has 2 aromatic heterocycles. The number of hydrogen-bond acceptors (Lipinski definition) is 6. The first-order valence-electron chi connectivity index (χ1n) is 6.32. The molecule has 0 unspecified atom stereocenters. The van der Waals surface area contributed by atoms with E-state index in [1.807, 2.05) is 17.8 Å². The molecule has 0 radical (unpaired) electrons. The van der Waals surface area contributed by atoms with E-state index in [2.05, 4.69) is 20.3 Å². The molecule has 7 heteroatoms. The molecule has 2 rings (SSSR count). The zero-order valence-corrected chi connectivity index (χ0v) is 11.8. The monoisotopic (exact) mass is 275 g/mol. The second-order valence-corrected chi connectivity index (χ2v) is 4.22. The molecule has 106 valence electrons. The van der Waals surface area contributed by atoms with Gasteiger partial charge in [-0.1, -0.05) is 0 Å². The van der Waals surface area contributed by atoms with E-state index < -0.39 is 5.97 Å². The maximum Gasteiger partial charge on any atom is 0.341 e. The van der Waals surface area contributed by atoms with E-state index in [4.69, 9.17) is 4.74 Å². The molecule has 0 fully saturated rings. The summed E-state index contributed by atoms with van der Waals surface area (Å²) in [7, 11) is 1.92. The minimum Gasteiger partial charge on any atom is -0.462 e. The molecular formula is C13H17N5O2. The van der Waals surface area contributed by atoms with Crippen molar-refractivity contribution < 1.29 is 9.53 Å². The lowest BCUT2D eigenvalue weighted by atomic mass is 10.2. The number of nitrogens with zero attached hydrogens (tertiary/aromatic N) is 4. The maximum atomic E-state index is 11.6. The molecule has 0 saturated heterocycles. The molecule has 0 saturated carbocycles. The fraction of sp³-hybridized carbons (Fsp3) is 0.385. The second-order valence-electron chi connectivity index (χ2n) is 4.22. The number of rotatable bonds is 5. The summed E-state index contributed by atoms with van der Waals surface area (Å²) >= 11 is 0. The fourth-order valence-electron chi connectivity index (χ4n) is 1.69. The SMILES string of the molecule is CCOC(=O)c1cnc(NCc2nccn2C)nc1C. The zero-order chi connectivity index (χ0) is 14.5. The van der Waals surface area contributed by atoms with Gasteiger partial charge < -0.3 is 14.6 Å². The largest absolute Gasteiger partial charge is 0.462 e. The lowest BCUT2D eigenvalue weighted by molar-refractivity contribution is 0.0524. The van der Waals surface area contributed by atoms with Gasteiger partial charge >= 0.3 is 5.97 Å². The number of carbonyl (C=O) groups excluding carboxylic acids is 1. The smallest absolute Gasteiger partial charge is 0.341 e. The Kier molecular flexibility index (Phi) is 4.29. The molecule has 7 nitrogen and oxygen atoms in total. The van der Waals surface area contributed by atoms with Gasteiger partial charge in [0.2, 0.25) is 5.95 Å². The molecule has 0 aliphatic carbocycles. The van der Waals surface area contributed by atoms with Crippen molar-refractivity contribution in [3.63, 3.8) is 0 Å². The van der Waals surface area contributed by atoms with Crippen LogP contribution >= 0.6 is 0 Å². The van der Waals surface area contributed by atoms with Crippen LogP contribution in [-0.2, 0) is 18.3 Å². The Balaban J connectivity index is 2.05. The van der Waals surface area contributed by atoms with Crippen LogP contribution in [0.25, 0.3) is 0 Å². The predicted molar refractivity (Wildman–Crippen MR) is 73.3 cm³/mol. The van der Waals surface area contributed by atoms with Crippen molar-refractivity contribution in [3.8, 4) is 0 Å². The van der Waals surface area contributed by atoms with Crippen molar-refractivity contribution in [2.75, 3.05) is 11.9 Å². The van der Waals surface area contributed by atoms with Crippen LogP contribution in [0.2, 0.25) is 0 Å². The number of nitrogens with one attached hydrogen (secondary N) is 1. The second kappa shape index (κ2) is 6.14. The first kappa shape index (κ1) is 14.0. The third kappa shape index (κ3) is 3.11. The summed E-state index contributed by atoms with van der Waals surface area (Å²) < 4.78 is 6.84. The van der Waals surface area contributed by atoms with Crippen LogP contribution in [0.4, 0.5) is 5.95 Å². The Labute approximate surface area is 117 Å². The summed E-state index contributed by atoms with van der Waals surface area (Å²) in [5, 5.41) is 3.07. The standard InChI is InChI=1S/C13H17N5O2/c1-4-20-12(19)10-7-15-13(17-9(10)2)16-8-11-14-5-6-18(11)3/h5-7H,4,8H2,1-3H3,(H,15,16,17). The highest BCUT2D eigenvalue weighted by molar-refractivity contribution is 5.90. The maximum absolute atomic E-state index is 11.6. The zero-order valence-electron chi connectivity index (χ0n) is 11.8. The summed E-state index contributed by atoms with van der Waals surface area (Å²) in [6, 6.07) is 0. The molecular weight excluding hydrogens is 258 g/mol. The van der Waals surface area contributed by atoms with Gasteiger partial charge in [0.25, 0.3) is 0 Å². The molecule has 0 aliphatic rings. The van der Waals surface area contributed by atoms with Crippen molar-refractivity contribution in [1.29, 1.82) is 0 Å². The minimum atomic E-state index is -0.402. The van der Waals surface area contributed by atoms with Gasteiger partial charge in [-0.2, -0.15) is 0 Å². The first-order valence-corrected chi connectivity index (χ1v) is 6.32. The molecule has 0 aromatic carbocycles. The number of aromatic nitrogens is 4. The molecule has 0 bridgehead atoms. The Morgan fingerprint density at radius 2 is 2.25 bits per heavy atom. The highest BCUT2D eigenvalue weighted by Crippen LogP contribution is 2.09. The summed E-state index contributed by atoms with van der Waals surface area (Å²) in [6.07, 6.45) is 5.07. The number of carbonyl (C=O) groups is 1. The van der Waals surface area contributed by atoms with E-state index in [0.717, 1.165) is 5.82 Å². The van der Waals surface area contributed by atoms with Crippen LogP contribution in [-0.4, -0.2) is 32.1 Å². The van der Waals surface area contributed by atoms with Crippen LogP contribution in [0.5, 0.6) is 0 Å². The summed E-state index contributed by atoms with van der Waals surface area (Å²) in [4.78, 5) is 24.2. The van der Waals surface area contributed by atoms with Gasteiger partial charge in [-0.05, 0) is 13.8 Å². The Hall–Kier alpha value is -2.44. The van der Waals surface area contributed by atoms with Gasteiger partial charge in [0.1, 0.15) is 5.82 Å². The summed E-state index contributed by atoms with van der Waals surface area (Å²) in [5.74, 6) is 0.930. The van der Waals surface area contributed by atoms with E-state index in [1.165, 1.54) is 6.20 Å². The fourth-order valence-corrected chi connectivity index (χ4v) is 1.69. The number of esters is 1. The topological polar surface area (TPSA) is 81.9 Å². The molecule has 2 aromatic rings. The first-order chi connectivity index (χ1) is 9.61. The van der Waals surface area contributed by atoms with Crippen molar-refractivity contribution >= 4 is 11.9 Å². The quantitative estimate of drug-likeness (QED) is 0.828. The van der Waals surface area contributed by atoms with Gasteiger partial charge in [-0.15, -0.1) is 0 Å². The van der Waals surface area contributed by atoms with Crippen LogP contribution in [0, 0.1) is 6.92 Å². The van der Waals surface area contributed by atoms with E-state index in [9.17, 15) is 4.79 Å². The van der Waals surface area contributed by atoms with Crippen molar-refractivity contribution in [2.24, 2.45) is 7.05 Å². The van der Waals surface area contributed by atoms with E-state index >= 15 is 0 Å². The Morgan fingerprint density at radius 1 is 1.45 bits per heavy atom. The molecule has 0 amide bonds. The van der Waals surface area contributed by atoms with Crippen LogP contribution in [0.3, 0.4) is 0 Å². The van der Waals surface area contributed by atoms with Crippen molar-refractivity contribution in [3.05, 3.63) is 35.7 Å². The third-order valence-electron chi connectivity index (χ3n) is 2.80. The number of ether oxygens (including phenoxy) is 1. The predicted octanol–water partition coefficient (Wildman–Crippen LogP) is 1.31. The highest BCUT2D eigenvalue weighted by Gasteiger charge is 2.12. The average molecular weight is 275 g/mol. The number of hydrogen-bond donors (Lipinski definition) is 1. The van der Waals surface area contributed by atoms with Crippen molar-refractivity contribution in [2.45, 2.75) is 20.4 Å². The third-order valence-corrected chi connectivity index (χ3v) is 2.80. The number of imidazole rings is 1. The highest BCUT2D eigenvalue weighted by atomic mass is 16.5. The van der Waals surface area contributed by atoms with Gasteiger partial charge in [0, 0.05) is 25.6 Å². The Morgan fingerprint density at radius 3 is 2.85 bits per heavy atom. The molecule has 0 aliphatic heterocycles. The van der Waals surface area contributed by atoms with E-state index in [1.54, 1.807) is 20.0 Å². The van der Waals surface area contributed by atoms with Crippen LogP contribution in [0.1, 0.15) is 28.8 Å². The van der Waals surface area contributed by atoms with E-state index in [0.29, 0.717) is 30.4 Å². The Bertz CT molecular complexity index is 609. The van der Waals surface area contributed by atoms with Crippen LogP contribution in [0.15, 0.2) is 18.6 Å². The molecule has 0 atom stereocenters. The molecule has 2 heterocycles. The van der Waals surface area contributed by atoms with Gasteiger partial charge in [0.15, 0.2) is 0 Å². The van der Waals surface area contributed by atoms with Gasteiger partial charge in [0.05, 0.1) is 24.4 Å². The van der Waals surface area contributed by atoms with Crippen LogP contribution < -0.4 is 5.32 Å². The number of aryl methyl sites for hydroxylation is 2. The lowest BCUT2D eigenvalue weighted by Crippen LogP contribution is -2.12. The lowest BCUT2D eigenvalue weighted by Gasteiger charge is -2.08. The van der Waals surface area contributed by atoms with Gasteiger partial charge in [-0.25, -0.2) is 19.7 Å².